The molecular formula is C18H23ClN6O2S2. The molecule has 29 heavy (non-hydrogen) atoms. The predicted octanol–water partition coefficient (Wildman–Crippen LogP) is 3.22. The van der Waals surface area contributed by atoms with Crippen LogP contribution in [0.5, 0.6) is 0 Å². The summed E-state index contributed by atoms with van der Waals surface area (Å²) < 4.78 is 19.8. The fraction of sp³-hybridized carbons (Fsp3) is 0.444. The Hall–Kier alpha value is -2.04. The van der Waals surface area contributed by atoms with E-state index < -0.39 is 16.5 Å². The van der Waals surface area contributed by atoms with Gasteiger partial charge in [-0.05, 0) is 19.4 Å². The maximum Gasteiger partial charge on any atom is 0.237 e. The van der Waals surface area contributed by atoms with E-state index in [9.17, 15) is 4.21 Å². The van der Waals surface area contributed by atoms with Crippen molar-refractivity contribution in [3.8, 4) is 10.8 Å². The van der Waals surface area contributed by atoms with Gasteiger partial charge in [-0.25, -0.2) is 14.2 Å². The summed E-state index contributed by atoms with van der Waals surface area (Å²) in [6.45, 7) is 3.83. The zero-order valence-corrected chi connectivity index (χ0v) is 19.0. The lowest BCUT2D eigenvalue weighted by molar-refractivity contribution is 0.524. The van der Waals surface area contributed by atoms with E-state index in [-0.39, 0.29) is 11.7 Å². The highest BCUT2D eigenvalue weighted by atomic mass is 35.5. The normalized spacial score (nSPS) is 22.3. The zero-order valence-electron chi connectivity index (χ0n) is 16.7. The number of thiophene rings is 1. The summed E-state index contributed by atoms with van der Waals surface area (Å²) >= 11 is 7.90. The third-order valence-corrected chi connectivity index (χ3v) is 7.96. The van der Waals surface area contributed by atoms with Gasteiger partial charge in [0.2, 0.25) is 11.9 Å². The predicted molar refractivity (Wildman–Crippen MR) is 120 cm³/mol. The minimum Gasteiger partial charge on any atom is -0.434 e. The van der Waals surface area contributed by atoms with Crippen LogP contribution in [0.1, 0.15) is 36.6 Å². The lowest BCUT2D eigenvalue weighted by Gasteiger charge is -2.33. The number of aliphatic imine (C=N–C) groups is 2. The molecule has 0 amide bonds. The van der Waals surface area contributed by atoms with Crippen LogP contribution in [0, 0.1) is 5.41 Å². The van der Waals surface area contributed by atoms with Crippen LogP contribution in [-0.4, -0.2) is 51.2 Å². The second kappa shape index (κ2) is 8.37. The summed E-state index contributed by atoms with van der Waals surface area (Å²) in [4.78, 5) is 14.5. The topological polar surface area (TPSA) is 121 Å². The van der Waals surface area contributed by atoms with Crippen molar-refractivity contribution >= 4 is 51.8 Å². The van der Waals surface area contributed by atoms with Gasteiger partial charge in [0.25, 0.3) is 0 Å². The minimum atomic E-state index is -1.29. The van der Waals surface area contributed by atoms with Crippen LogP contribution in [-0.2, 0) is 22.9 Å². The number of rotatable bonds is 6. The van der Waals surface area contributed by atoms with E-state index in [4.69, 9.17) is 27.2 Å². The van der Waals surface area contributed by atoms with E-state index in [0.29, 0.717) is 35.2 Å². The molecule has 0 aromatic carbocycles. The molecule has 0 radical (unpaired) electrons. The lowest BCUT2D eigenvalue weighted by Crippen LogP contribution is -2.47. The molecule has 0 saturated heterocycles. The number of aryl methyl sites for hydroxylation is 1. The molecule has 0 aliphatic carbocycles. The van der Waals surface area contributed by atoms with E-state index >= 15 is 0 Å². The average molecular weight is 455 g/mol. The number of guanidine groups is 1. The highest BCUT2D eigenvalue weighted by Crippen LogP contribution is 2.43. The zero-order chi connectivity index (χ0) is 21.3. The quantitative estimate of drug-likeness (QED) is 0.650. The van der Waals surface area contributed by atoms with E-state index in [1.807, 2.05) is 13.8 Å². The number of nitrogens with two attached hydrogens (primary N) is 1. The van der Waals surface area contributed by atoms with Crippen molar-refractivity contribution in [3.05, 3.63) is 27.4 Å². The van der Waals surface area contributed by atoms with Crippen LogP contribution in [0.3, 0.4) is 0 Å². The third kappa shape index (κ3) is 4.15. The molecule has 2 unspecified atom stereocenters. The van der Waals surface area contributed by atoms with Crippen molar-refractivity contribution in [3.63, 3.8) is 0 Å². The van der Waals surface area contributed by atoms with Crippen molar-refractivity contribution in [2.45, 2.75) is 32.2 Å². The minimum absolute atomic E-state index is 0.209. The van der Waals surface area contributed by atoms with Crippen molar-refractivity contribution in [2.75, 3.05) is 19.8 Å². The fourth-order valence-electron chi connectivity index (χ4n) is 2.96. The van der Waals surface area contributed by atoms with Gasteiger partial charge in [-0.15, -0.1) is 11.3 Å². The van der Waals surface area contributed by atoms with Crippen LogP contribution in [0.2, 0.25) is 5.02 Å². The molecule has 3 rings (SSSR count). The second-order valence-electron chi connectivity index (χ2n) is 6.77. The fourth-order valence-corrected chi connectivity index (χ4v) is 5.75. The molecule has 1 aliphatic rings. The Morgan fingerprint density at radius 3 is 2.97 bits per heavy atom. The number of hydrogen-bond donors (Lipinski definition) is 2. The Balaban J connectivity index is 2.00. The van der Waals surface area contributed by atoms with Crippen LogP contribution in [0.15, 0.2) is 20.5 Å². The van der Waals surface area contributed by atoms with Crippen LogP contribution in [0.25, 0.3) is 10.8 Å². The standard InChI is InChI=1S/C18H23ClN6O2S2/c1-5-12-14(11(20)6-7-22-3)27-16(23-12)13-8-10(19)15(28-13)18(2)9-29(26)25(4)17(21)24-18/h7-8,20H,5-6,9H2,1-4H3,(H2,21,24). The monoisotopic (exact) mass is 454 g/mol. The van der Waals surface area contributed by atoms with Gasteiger partial charge in [0.05, 0.1) is 31.9 Å². The van der Waals surface area contributed by atoms with Gasteiger partial charge in [0.15, 0.2) is 5.76 Å². The van der Waals surface area contributed by atoms with Crippen molar-refractivity contribution < 1.29 is 8.63 Å². The van der Waals surface area contributed by atoms with Gasteiger partial charge in [0.1, 0.15) is 16.5 Å². The van der Waals surface area contributed by atoms with Crippen molar-refractivity contribution in [1.82, 2.24) is 9.29 Å². The Kier molecular flexibility index (Phi) is 6.25. The highest BCUT2D eigenvalue weighted by Gasteiger charge is 2.39. The third-order valence-electron chi connectivity index (χ3n) is 4.56. The van der Waals surface area contributed by atoms with Crippen LogP contribution in [0.4, 0.5) is 0 Å². The molecule has 2 aromatic heterocycles. The van der Waals surface area contributed by atoms with Crippen molar-refractivity contribution in [1.29, 1.82) is 5.41 Å². The summed E-state index contributed by atoms with van der Waals surface area (Å²) in [6.07, 6.45) is 2.67. The summed E-state index contributed by atoms with van der Waals surface area (Å²) in [5.74, 6) is 1.35. The summed E-state index contributed by atoms with van der Waals surface area (Å²) in [5, 5.41) is 8.73. The SMILES string of the molecule is CCc1nc(-c2cc(Cl)c(C3(C)CS(=O)N(C)C(N)=N3)s2)oc1C(=N)CC=NC. The molecule has 0 saturated carbocycles. The molecule has 3 N–H and O–H groups in total. The van der Waals surface area contributed by atoms with Crippen LogP contribution >= 0.6 is 22.9 Å². The Bertz CT molecular complexity index is 1030. The van der Waals surface area contributed by atoms with Gasteiger partial charge in [0, 0.05) is 26.7 Å². The molecule has 8 nitrogen and oxygen atoms in total. The van der Waals surface area contributed by atoms with E-state index in [0.717, 1.165) is 15.4 Å². The molecule has 0 fully saturated rings. The molecule has 2 aromatic rings. The van der Waals surface area contributed by atoms with Gasteiger partial charge in [-0.2, -0.15) is 0 Å². The van der Waals surface area contributed by atoms with E-state index in [1.165, 1.54) is 15.6 Å². The number of hydrogen-bond acceptors (Lipinski definition) is 8. The van der Waals surface area contributed by atoms with Gasteiger partial charge < -0.3 is 20.6 Å². The molecular weight excluding hydrogens is 432 g/mol. The summed E-state index contributed by atoms with van der Waals surface area (Å²) in [6, 6.07) is 1.77. The molecule has 11 heteroatoms. The molecule has 156 valence electrons. The van der Waals surface area contributed by atoms with Crippen molar-refractivity contribution in [2.24, 2.45) is 15.7 Å². The Morgan fingerprint density at radius 2 is 2.34 bits per heavy atom. The average Bonchev–Trinajstić information content (AvgIpc) is 3.28. The molecule has 3 heterocycles. The van der Waals surface area contributed by atoms with Gasteiger partial charge in [-0.3, -0.25) is 4.31 Å². The van der Waals surface area contributed by atoms with Gasteiger partial charge in [-0.1, -0.05) is 18.5 Å². The maximum absolute atomic E-state index is 12.4. The maximum atomic E-state index is 12.4. The number of oxazole rings is 1. The first-order valence-corrected chi connectivity index (χ1v) is 11.4. The number of nitrogens with one attached hydrogen (secondary N) is 1. The Labute approximate surface area is 181 Å². The van der Waals surface area contributed by atoms with Crippen LogP contribution < -0.4 is 5.73 Å². The smallest absolute Gasteiger partial charge is 0.237 e. The molecule has 0 spiro atoms. The summed E-state index contributed by atoms with van der Waals surface area (Å²) in [5.41, 5.74) is 6.19. The van der Waals surface area contributed by atoms with Gasteiger partial charge >= 0.3 is 0 Å². The first-order valence-electron chi connectivity index (χ1n) is 8.96. The highest BCUT2D eigenvalue weighted by molar-refractivity contribution is 7.83. The molecule has 2 atom stereocenters. The largest absolute Gasteiger partial charge is 0.434 e. The number of nitrogens with zero attached hydrogens (tertiary/aromatic N) is 4. The molecule has 0 bridgehead atoms. The summed E-state index contributed by atoms with van der Waals surface area (Å²) in [7, 11) is 2.02. The van der Waals surface area contributed by atoms with E-state index in [2.05, 4.69) is 15.0 Å². The first kappa shape index (κ1) is 21.7. The lowest BCUT2D eigenvalue weighted by atomic mass is 10.0. The van der Waals surface area contributed by atoms with E-state index in [1.54, 1.807) is 26.4 Å². The Morgan fingerprint density at radius 1 is 1.62 bits per heavy atom. The number of halogens is 1. The second-order valence-corrected chi connectivity index (χ2v) is 9.71. The molecule has 1 aliphatic heterocycles. The number of aromatic nitrogens is 1. The first-order chi connectivity index (χ1) is 13.7.